The first-order valence-corrected chi connectivity index (χ1v) is 12.4. The third-order valence-electron chi connectivity index (χ3n) is 5.91. The molecule has 1 aliphatic rings. The van der Waals surface area contributed by atoms with Crippen LogP contribution in [0.25, 0.3) is 0 Å². The van der Waals surface area contributed by atoms with E-state index in [4.69, 9.17) is 14.2 Å². The molecule has 3 aromatic rings. The maximum Gasteiger partial charge on any atom is 0.349 e. The van der Waals surface area contributed by atoms with Gasteiger partial charge in [-0.05, 0) is 37.0 Å². The molecule has 1 fully saturated rings. The van der Waals surface area contributed by atoms with E-state index in [9.17, 15) is 27.6 Å². The number of urea groups is 1. The Morgan fingerprint density at radius 1 is 0.923 bits per heavy atom. The second kappa shape index (κ2) is 11.6. The van der Waals surface area contributed by atoms with E-state index >= 15 is 0 Å². The summed E-state index contributed by atoms with van der Waals surface area (Å²) in [6.07, 6.45) is 1.58. The third kappa shape index (κ3) is 5.93. The van der Waals surface area contributed by atoms with Crippen LogP contribution in [0.15, 0.2) is 29.6 Å². The number of halogens is 3. The Bertz CT molecular complexity index is 1440. The van der Waals surface area contributed by atoms with E-state index in [0.717, 1.165) is 44.5 Å². The maximum absolute atomic E-state index is 15.0. The second-order valence-electron chi connectivity index (χ2n) is 8.39. The number of nitrogens with one attached hydrogen (secondary N) is 2. The summed E-state index contributed by atoms with van der Waals surface area (Å²) in [6, 6.07) is 3.71. The van der Waals surface area contributed by atoms with Crippen molar-refractivity contribution < 1.29 is 46.5 Å². The van der Waals surface area contributed by atoms with Crippen molar-refractivity contribution in [1.82, 2.24) is 0 Å². The lowest BCUT2D eigenvalue weighted by molar-refractivity contribution is 0.0561. The molecule has 9 nitrogen and oxygen atoms in total. The first-order chi connectivity index (χ1) is 18.7. The van der Waals surface area contributed by atoms with E-state index in [1.807, 2.05) is 0 Å². The van der Waals surface area contributed by atoms with E-state index in [2.05, 4.69) is 15.4 Å². The standard InChI is InChI=1S/C26H23F3N2O7S/c1-35-19-7-6-15(27)22(29)14(19)10-38-20-9-17(16(28)8-13(20)12-4-5-12)30-26(34)31-18-11-39-23(25(33)37-3)21(18)24(32)36-2/h6-9,11-12H,4-5,10H2,1-3H3,(H2,30,31,34). The summed E-state index contributed by atoms with van der Waals surface area (Å²) in [4.78, 5) is 36.9. The third-order valence-corrected chi connectivity index (χ3v) is 6.87. The van der Waals surface area contributed by atoms with Gasteiger partial charge in [-0.1, -0.05) is 0 Å². The molecule has 0 spiro atoms. The number of anilines is 2. The van der Waals surface area contributed by atoms with Crippen LogP contribution in [0.4, 0.5) is 29.3 Å². The molecule has 39 heavy (non-hydrogen) atoms. The Morgan fingerprint density at radius 2 is 1.62 bits per heavy atom. The van der Waals surface area contributed by atoms with Gasteiger partial charge < -0.3 is 29.6 Å². The van der Waals surface area contributed by atoms with Crippen molar-refractivity contribution in [2.75, 3.05) is 32.0 Å². The Hall–Kier alpha value is -4.26. The fourth-order valence-corrected chi connectivity index (χ4v) is 4.73. The van der Waals surface area contributed by atoms with E-state index in [0.29, 0.717) is 5.56 Å². The zero-order valence-corrected chi connectivity index (χ0v) is 21.8. The second-order valence-corrected chi connectivity index (χ2v) is 9.27. The van der Waals surface area contributed by atoms with E-state index < -0.39 is 42.0 Å². The SMILES string of the molecule is COC(=O)c1scc(NC(=O)Nc2cc(OCc3c(OC)ccc(F)c3F)c(C3CC3)cc2F)c1C(=O)OC. The Kier molecular flexibility index (Phi) is 8.29. The number of thiophene rings is 1. The number of rotatable bonds is 9. The number of methoxy groups -OCH3 is 3. The summed E-state index contributed by atoms with van der Waals surface area (Å²) in [6.45, 7) is -0.419. The highest BCUT2D eigenvalue weighted by Gasteiger charge is 2.30. The van der Waals surface area contributed by atoms with Gasteiger partial charge in [0.25, 0.3) is 0 Å². The lowest BCUT2D eigenvalue weighted by Crippen LogP contribution is -2.22. The van der Waals surface area contributed by atoms with Gasteiger partial charge >= 0.3 is 18.0 Å². The van der Waals surface area contributed by atoms with Crippen molar-refractivity contribution in [3.8, 4) is 11.5 Å². The van der Waals surface area contributed by atoms with Crippen LogP contribution in [0.2, 0.25) is 0 Å². The normalized spacial score (nSPS) is 12.5. The molecule has 2 N–H and O–H groups in total. The van der Waals surface area contributed by atoms with E-state index in [-0.39, 0.29) is 44.8 Å². The molecule has 0 aliphatic heterocycles. The van der Waals surface area contributed by atoms with Gasteiger partial charge in [-0.3, -0.25) is 0 Å². The van der Waals surface area contributed by atoms with Crippen molar-refractivity contribution in [1.29, 1.82) is 0 Å². The molecular formula is C26H23F3N2O7S. The minimum Gasteiger partial charge on any atom is -0.496 e. The lowest BCUT2D eigenvalue weighted by Gasteiger charge is -2.16. The number of hydrogen-bond donors (Lipinski definition) is 2. The molecular weight excluding hydrogens is 541 g/mol. The summed E-state index contributed by atoms with van der Waals surface area (Å²) >= 11 is 0.849. The molecule has 4 rings (SSSR count). The minimum atomic E-state index is -1.13. The largest absolute Gasteiger partial charge is 0.496 e. The summed E-state index contributed by atoms with van der Waals surface area (Å²) < 4.78 is 63.4. The molecule has 13 heteroatoms. The molecule has 1 saturated carbocycles. The average molecular weight is 565 g/mol. The zero-order valence-electron chi connectivity index (χ0n) is 21.0. The minimum absolute atomic E-state index is 0.0155. The van der Waals surface area contributed by atoms with Crippen LogP contribution >= 0.6 is 11.3 Å². The zero-order chi connectivity index (χ0) is 28.3. The predicted octanol–water partition coefficient (Wildman–Crippen LogP) is 5.85. The molecule has 0 saturated heterocycles. The number of hydrogen-bond acceptors (Lipinski definition) is 8. The molecule has 2 aromatic carbocycles. The summed E-state index contributed by atoms with van der Waals surface area (Å²) in [5.41, 5.74) is -0.191. The number of carbonyl (C=O) groups excluding carboxylic acids is 3. The molecule has 0 atom stereocenters. The van der Waals surface area contributed by atoms with E-state index in [1.165, 1.54) is 30.7 Å². The number of benzene rings is 2. The van der Waals surface area contributed by atoms with Gasteiger partial charge in [0.15, 0.2) is 11.6 Å². The van der Waals surface area contributed by atoms with Crippen LogP contribution in [0.3, 0.4) is 0 Å². The lowest BCUT2D eigenvalue weighted by atomic mass is 10.1. The fraction of sp³-hybridized carbons (Fsp3) is 0.269. The highest BCUT2D eigenvalue weighted by Crippen LogP contribution is 2.46. The highest BCUT2D eigenvalue weighted by atomic mass is 32.1. The molecule has 1 aliphatic carbocycles. The van der Waals surface area contributed by atoms with Gasteiger partial charge in [0.2, 0.25) is 0 Å². The predicted molar refractivity (Wildman–Crippen MR) is 135 cm³/mol. The quantitative estimate of drug-likeness (QED) is 0.314. The Balaban J connectivity index is 1.58. The number of carbonyl (C=O) groups is 3. The first-order valence-electron chi connectivity index (χ1n) is 11.5. The van der Waals surface area contributed by atoms with Gasteiger partial charge in [-0.2, -0.15) is 0 Å². The monoisotopic (exact) mass is 564 g/mol. The molecule has 0 radical (unpaired) electrons. The van der Waals surface area contributed by atoms with Crippen molar-refractivity contribution >= 4 is 40.7 Å². The smallest absolute Gasteiger partial charge is 0.349 e. The van der Waals surface area contributed by atoms with Crippen LogP contribution in [-0.4, -0.2) is 39.3 Å². The van der Waals surface area contributed by atoms with Gasteiger partial charge in [0.05, 0.1) is 38.3 Å². The van der Waals surface area contributed by atoms with Crippen LogP contribution < -0.4 is 20.1 Å². The number of esters is 2. The Morgan fingerprint density at radius 3 is 2.26 bits per heavy atom. The number of ether oxygens (including phenoxy) is 4. The maximum atomic E-state index is 15.0. The molecule has 0 bridgehead atoms. The summed E-state index contributed by atoms with van der Waals surface area (Å²) in [5, 5.41) is 6.06. The first kappa shape index (κ1) is 27.8. The summed E-state index contributed by atoms with van der Waals surface area (Å²) in [5.74, 6) is -4.41. The Labute approximate surface area is 224 Å². The number of amides is 2. The average Bonchev–Trinajstić information content (AvgIpc) is 3.69. The topological polar surface area (TPSA) is 112 Å². The molecule has 1 aromatic heterocycles. The van der Waals surface area contributed by atoms with Crippen LogP contribution in [0, 0.1) is 17.5 Å². The van der Waals surface area contributed by atoms with Gasteiger partial charge in [0, 0.05) is 17.0 Å². The van der Waals surface area contributed by atoms with Gasteiger partial charge in [-0.15, -0.1) is 11.3 Å². The van der Waals surface area contributed by atoms with Crippen LogP contribution in [-0.2, 0) is 16.1 Å². The molecule has 1 heterocycles. The van der Waals surface area contributed by atoms with Crippen molar-refractivity contribution in [3.63, 3.8) is 0 Å². The highest BCUT2D eigenvalue weighted by molar-refractivity contribution is 7.13. The van der Waals surface area contributed by atoms with Gasteiger partial charge in [-0.25, -0.2) is 27.6 Å². The van der Waals surface area contributed by atoms with Crippen molar-refractivity contribution in [2.24, 2.45) is 0 Å². The molecule has 206 valence electrons. The van der Waals surface area contributed by atoms with Crippen molar-refractivity contribution in [2.45, 2.75) is 25.4 Å². The molecule has 0 unspecified atom stereocenters. The van der Waals surface area contributed by atoms with Gasteiger partial charge in [0.1, 0.15) is 34.4 Å². The summed E-state index contributed by atoms with van der Waals surface area (Å²) in [7, 11) is 3.54. The van der Waals surface area contributed by atoms with E-state index in [1.54, 1.807) is 0 Å². The van der Waals surface area contributed by atoms with Crippen molar-refractivity contribution in [3.05, 3.63) is 68.7 Å². The molecule has 2 amide bonds. The van der Waals surface area contributed by atoms with Crippen LogP contribution in [0.5, 0.6) is 11.5 Å². The fourth-order valence-electron chi connectivity index (χ4n) is 3.83. The van der Waals surface area contributed by atoms with Crippen LogP contribution in [0.1, 0.15) is 49.9 Å².